The number of aryl methyl sites for hydroxylation is 1. The van der Waals surface area contributed by atoms with E-state index in [0.29, 0.717) is 77.9 Å². The predicted molar refractivity (Wildman–Crippen MR) is 296 cm³/mol. The van der Waals surface area contributed by atoms with Crippen molar-refractivity contribution in [1.82, 2.24) is 39.7 Å². The van der Waals surface area contributed by atoms with Crippen LogP contribution in [0.4, 0.5) is 16.0 Å². The molecule has 0 radical (unpaired) electrons. The molecule has 4 aliphatic rings. The number of benzene rings is 2. The number of amides is 3. The van der Waals surface area contributed by atoms with E-state index in [4.69, 9.17) is 31.5 Å². The summed E-state index contributed by atoms with van der Waals surface area (Å²) in [5.41, 5.74) is 10.5. The van der Waals surface area contributed by atoms with Gasteiger partial charge in [0.25, 0.3) is 5.91 Å². The largest absolute Gasteiger partial charge is 0.482 e. The summed E-state index contributed by atoms with van der Waals surface area (Å²) in [5, 5.41) is 8.47. The zero-order valence-electron chi connectivity index (χ0n) is 45.5. The minimum atomic E-state index is -0.590. The highest BCUT2D eigenvalue weighted by Crippen LogP contribution is 2.40. The van der Waals surface area contributed by atoms with Crippen LogP contribution in [0.3, 0.4) is 0 Å². The molecule has 1 unspecified atom stereocenters. The summed E-state index contributed by atoms with van der Waals surface area (Å²) in [7, 11) is 5.16. The third kappa shape index (κ3) is 13.6. The first kappa shape index (κ1) is 57.6. The van der Waals surface area contributed by atoms with Crippen molar-refractivity contribution in [2.75, 3.05) is 91.8 Å². The van der Waals surface area contributed by atoms with E-state index in [0.717, 1.165) is 49.4 Å². The molecule has 19 nitrogen and oxygen atoms in total. The molecular formula is C57H72FN11O8S. The number of ketones is 2. The molecule has 6 heterocycles. The Morgan fingerprint density at radius 2 is 1.77 bits per heavy atom. The van der Waals surface area contributed by atoms with E-state index in [2.05, 4.69) is 25.1 Å². The number of nitrogens with zero attached hydrogens (tertiary/aromatic N) is 9. The van der Waals surface area contributed by atoms with Gasteiger partial charge in [0, 0.05) is 80.3 Å². The minimum absolute atomic E-state index is 0.00490. The van der Waals surface area contributed by atoms with Crippen molar-refractivity contribution in [2.24, 2.45) is 16.8 Å². The molecule has 2 saturated heterocycles. The van der Waals surface area contributed by atoms with Crippen molar-refractivity contribution < 1.29 is 42.6 Å². The molecule has 78 heavy (non-hydrogen) atoms. The van der Waals surface area contributed by atoms with Crippen LogP contribution in [0.25, 0.3) is 16.0 Å². The minimum Gasteiger partial charge on any atom is -0.482 e. The maximum Gasteiger partial charge on any atom is 0.303 e. The first-order chi connectivity index (χ1) is 37.5. The number of pyridine rings is 1. The molecule has 0 spiro atoms. The number of nitrogens with one attached hydrogen (secondary N) is 1. The van der Waals surface area contributed by atoms with Crippen molar-refractivity contribution in [2.45, 2.75) is 96.6 Å². The Labute approximate surface area is 460 Å². The second-order valence-corrected chi connectivity index (χ2v) is 21.8. The molecule has 4 aliphatic heterocycles. The number of likely N-dealkylation sites (N-methyl/N-ethyl adjacent to an activating group) is 2. The third-order valence-electron chi connectivity index (χ3n) is 15.5. The lowest BCUT2D eigenvalue weighted by Gasteiger charge is -2.38. The van der Waals surface area contributed by atoms with Gasteiger partial charge >= 0.3 is 5.82 Å². The van der Waals surface area contributed by atoms with Crippen LogP contribution < -0.4 is 15.8 Å². The van der Waals surface area contributed by atoms with Gasteiger partial charge in [-0.05, 0) is 120 Å². The van der Waals surface area contributed by atoms with Crippen LogP contribution >= 0.6 is 11.8 Å². The number of rotatable bonds is 21. The van der Waals surface area contributed by atoms with E-state index in [1.807, 2.05) is 37.8 Å². The summed E-state index contributed by atoms with van der Waals surface area (Å²) >= 11 is 1.51. The first-order valence-corrected chi connectivity index (χ1v) is 27.9. The number of carbonyl (C=O) groups is 5. The van der Waals surface area contributed by atoms with E-state index in [9.17, 15) is 28.4 Å². The fraction of sp³-hybridized carbons (Fsp3) is 0.526. The van der Waals surface area contributed by atoms with Gasteiger partial charge in [0.2, 0.25) is 11.8 Å². The number of halogens is 1. The maximum absolute atomic E-state index is 14.6. The number of hydrogen-bond donors (Lipinski definition) is 2. The summed E-state index contributed by atoms with van der Waals surface area (Å²) in [4.78, 5) is 88.9. The number of nitrogen functional groups attached to an aromatic ring is 1. The third-order valence-corrected chi connectivity index (χ3v) is 16.6. The Kier molecular flexibility index (Phi) is 19.5. The number of aromatic nitrogens is 3. The quantitative estimate of drug-likeness (QED) is 0.0525. The molecule has 5 atom stereocenters. The van der Waals surface area contributed by atoms with E-state index in [1.54, 1.807) is 54.0 Å². The monoisotopic (exact) mass is 1090 g/mol. The Balaban J connectivity index is 0.779. The fourth-order valence-electron chi connectivity index (χ4n) is 10.7. The molecule has 416 valence electrons. The number of thioether (sulfide) groups is 1. The van der Waals surface area contributed by atoms with Crippen LogP contribution in [0.5, 0.6) is 5.75 Å². The number of fused-ring (bicyclic) bond motifs is 5. The second-order valence-electron chi connectivity index (χ2n) is 20.7. The van der Waals surface area contributed by atoms with Crippen LogP contribution in [0, 0.1) is 31.1 Å². The van der Waals surface area contributed by atoms with Crippen molar-refractivity contribution >= 4 is 57.7 Å². The maximum atomic E-state index is 14.6. The van der Waals surface area contributed by atoms with Crippen molar-refractivity contribution in [3.8, 4) is 16.9 Å². The van der Waals surface area contributed by atoms with Gasteiger partial charge in [0.1, 0.15) is 23.7 Å². The number of hydrogen-bond acceptors (Lipinski definition) is 15. The molecule has 0 aliphatic carbocycles. The molecule has 21 heteroatoms. The highest BCUT2D eigenvalue weighted by atomic mass is 32.2. The highest BCUT2D eigenvalue weighted by Gasteiger charge is 2.43. The molecule has 2 fully saturated rings. The number of ether oxygens (including phenoxy) is 3. The molecule has 4 aromatic rings. The fourth-order valence-corrected chi connectivity index (χ4v) is 11.9. The molecule has 8 rings (SSSR count). The predicted octanol–water partition coefficient (Wildman–Crippen LogP) is 6.42. The van der Waals surface area contributed by atoms with E-state index in [1.165, 1.54) is 36.0 Å². The molecule has 3 N–H and O–H groups in total. The summed E-state index contributed by atoms with van der Waals surface area (Å²) in [5.74, 6) is -0.281. The summed E-state index contributed by atoms with van der Waals surface area (Å²) in [6.45, 7) is 18.5. The zero-order chi connectivity index (χ0) is 55.6. The van der Waals surface area contributed by atoms with Gasteiger partial charge in [-0.2, -0.15) is 4.68 Å². The van der Waals surface area contributed by atoms with Gasteiger partial charge in [0.05, 0.1) is 68.8 Å². The van der Waals surface area contributed by atoms with Gasteiger partial charge in [-0.1, -0.05) is 24.3 Å². The molecular weight excluding hydrogens is 1020 g/mol. The number of Topliss-reactive ketones (excluding diaryl/α,β-unsaturated/α-hetero) is 2. The number of aliphatic imine (C=N–C) groups is 1. The average molecular weight is 1090 g/mol. The van der Waals surface area contributed by atoms with Gasteiger partial charge in [-0.15, -0.1) is 11.8 Å². The SMILES string of the molecule is [C-]#[N+]c1nn(CCN(C)C(=O)CCOCCOCCN2CCC([C@H](CC(=O)[C@H](C)NC)C(=O)N3CCC[C@H]3C3=NC(C(=O)c4ccc(F)cc4)CS3)CC2)c2c1-c1cnc(N)c(c1)O[C@H](C)c1cc(C)ccc1C(=O)N(C)C2. The number of nitrogens with two attached hydrogens (primary N) is 1. The average Bonchev–Trinajstić information content (AvgIpc) is 4.23. The van der Waals surface area contributed by atoms with E-state index in [-0.39, 0.29) is 98.0 Å². The normalized spacial score (nSPS) is 19.6. The van der Waals surface area contributed by atoms with Crippen molar-refractivity contribution in [3.63, 3.8) is 0 Å². The molecule has 2 aromatic carbocycles. The number of anilines is 1. The first-order valence-electron chi connectivity index (χ1n) is 26.9. The smallest absolute Gasteiger partial charge is 0.303 e. The van der Waals surface area contributed by atoms with E-state index >= 15 is 0 Å². The summed E-state index contributed by atoms with van der Waals surface area (Å²) in [6, 6.07) is 11.7. The van der Waals surface area contributed by atoms with Crippen LogP contribution in [-0.4, -0.2) is 173 Å². The van der Waals surface area contributed by atoms with Gasteiger partial charge < -0.3 is 49.7 Å². The lowest BCUT2D eigenvalue weighted by atomic mass is 9.79. The number of piperidine rings is 1. The molecule has 2 bridgehead atoms. The van der Waals surface area contributed by atoms with Gasteiger partial charge in [0.15, 0.2) is 17.4 Å². The van der Waals surface area contributed by atoms with Crippen molar-refractivity contribution in [1.29, 1.82) is 0 Å². The van der Waals surface area contributed by atoms with Crippen LogP contribution in [-0.2, 0) is 36.9 Å². The molecule has 0 saturated carbocycles. The highest BCUT2D eigenvalue weighted by molar-refractivity contribution is 8.14. The Morgan fingerprint density at radius 3 is 2.50 bits per heavy atom. The van der Waals surface area contributed by atoms with Gasteiger partial charge in [-0.3, -0.25) is 29.0 Å². The summed E-state index contributed by atoms with van der Waals surface area (Å²) in [6.07, 6.45) is 4.44. The lowest BCUT2D eigenvalue weighted by molar-refractivity contribution is -0.141. The van der Waals surface area contributed by atoms with Crippen LogP contribution in [0.15, 0.2) is 59.7 Å². The van der Waals surface area contributed by atoms with Crippen LogP contribution in [0.1, 0.15) is 96.0 Å². The van der Waals surface area contributed by atoms with E-state index < -0.39 is 23.9 Å². The second kappa shape index (κ2) is 26.4. The standard InChI is InChI=1S/C57H72FN11O8S/c1-35-10-15-42-43(29-35)37(3)77-49-30-40(32-62-53(49)59)51-47(33-66(7)56(42)73)69(64-54(51)61-5)23-22-65(6)50(71)18-25-75-27-28-76-26-24-67-20-16-38(17-21-67)44(31-48(70)36(2)60-4)57(74)68-19-8-9-46(68)55-63-45(34-78-55)52(72)39-11-13-41(58)14-12-39/h10-15,29-30,32,36-38,44-46,60H,8-9,16-28,31,33-34H2,1-4,6-7H3,(H2,59,62)/t36-,37+,44-,45?,46-/m0/s1. The summed E-state index contributed by atoms with van der Waals surface area (Å²) < 4.78 is 33.3. The van der Waals surface area contributed by atoms with Gasteiger partial charge in [-0.25, -0.2) is 9.37 Å². The topological polar surface area (TPSA) is 211 Å². The Bertz CT molecular complexity index is 2900. The van der Waals surface area contributed by atoms with Crippen LogP contribution in [0.2, 0.25) is 0 Å². The molecule has 3 amide bonds. The zero-order valence-corrected chi connectivity index (χ0v) is 46.4. The number of carbonyl (C=O) groups excluding carboxylic acids is 5. The Hall–Kier alpha value is -6.57. The van der Waals surface area contributed by atoms with Crippen molar-refractivity contribution in [3.05, 3.63) is 99.9 Å². The molecule has 2 aromatic heterocycles. The Morgan fingerprint density at radius 1 is 1.03 bits per heavy atom. The lowest BCUT2D eigenvalue weighted by Crippen LogP contribution is -2.48. The number of likely N-dealkylation sites (tertiary alicyclic amines) is 2.